The molecule has 0 spiro atoms. The van der Waals surface area contributed by atoms with E-state index in [9.17, 15) is 4.79 Å². The minimum Gasteiger partial charge on any atom is -0.465 e. The van der Waals surface area contributed by atoms with Crippen molar-refractivity contribution in [1.82, 2.24) is 0 Å². The van der Waals surface area contributed by atoms with Gasteiger partial charge < -0.3 is 4.74 Å². The van der Waals surface area contributed by atoms with Crippen molar-refractivity contribution in [1.29, 1.82) is 0 Å². The number of hydrogen-bond acceptors (Lipinski definition) is 2. The lowest BCUT2D eigenvalue weighted by Gasteiger charge is -1.98. The minimum atomic E-state index is -0.334. The first-order valence-corrected chi connectivity index (χ1v) is 3.82. The van der Waals surface area contributed by atoms with E-state index in [2.05, 4.69) is 17.0 Å². The molecule has 0 saturated heterocycles. The van der Waals surface area contributed by atoms with Crippen LogP contribution in [0.5, 0.6) is 0 Å². The maximum Gasteiger partial charge on any atom is 0.337 e. The fraction of sp³-hybridized carbons (Fsp3) is 0.0909. The zero-order valence-electron chi connectivity index (χ0n) is 7.41. The van der Waals surface area contributed by atoms with Gasteiger partial charge in [-0.05, 0) is 23.8 Å². The molecule has 2 nitrogen and oxygen atoms in total. The summed E-state index contributed by atoms with van der Waals surface area (Å²) in [6.07, 6.45) is 1.70. The Morgan fingerprint density at radius 2 is 2.38 bits per heavy atom. The summed E-state index contributed by atoms with van der Waals surface area (Å²) in [4.78, 5) is 11.1. The standard InChI is InChI=1S/C11H10O2/c1-3-5-9-6-4-7-10(8-9)11(12)13-2/h4-8H,1H2,2H3. The second-order valence-electron chi connectivity index (χ2n) is 2.47. The van der Waals surface area contributed by atoms with Crippen LogP contribution >= 0.6 is 0 Å². The molecule has 0 fully saturated rings. The molecule has 0 aliphatic carbocycles. The van der Waals surface area contributed by atoms with E-state index in [-0.39, 0.29) is 5.97 Å². The lowest BCUT2D eigenvalue weighted by Crippen LogP contribution is -2.00. The Kier molecular flexibility index (Phi) is 3.07. The number of methoxy groups -OCH3 is 1. The van der Waals surface area contributed by atoms with E-state index in [1.165, 1.54) is 7.11 Å². The van der Waals surface area contributed by atoms with E-state index in [1.54, 1.807) is 24.3 Å². The Labute approximate surface area is 77.2 Å². The molecule has 0 heterocycles. The second-order valence-corrected chi connectivity index (χ2v) is 2.47. The normalized spacial score (nSPS) is 8.69. The van der Waals surface area contributed by atoms with Gasteiger partial charge in [-0.25, -0.2) is 4.79 Å². The lowest BCUT2D eigenvalue weighted by molar-refractivity contribution is 0.0600. The average molecular weight is 174 g/mol. The van der Waals surface area contributed by atoms with Crippen molar-refractivity contribution in [3.8, 4) is 0 Å². The third-order valence-electron chi connectivity index (χ3n) is 1.58. The third-order valence-corrected chi connectivity index (χ3v) is 1.58. The summed E-state index contributed by atoms with van der Waals surface area (Å²) < 4.78 is 4.58. The molecule has 1 aromatic rings. The minimum absolute atomic E-state index is 0.334. The summed E-state index contributed by atoms with van der Waals surface area (Å²) in [6.45, 7) is 3.45. The fourth-order valence-electron chi connectivity index (χ4n) is 0.991. The van der Waals surface area contributed by atoms with Gasteiger partial charge in [0.15, 0.2) is 0 Å². The maximum atomic E-state index is 11.1. The van der Waals surface area contributed by atoms with Crippen LogP contribution in [0.25, 0.3) is 6.08 Å². The van der Waals surface area contributed by atoms with E-state index >= 15 is 0 Å². The molecule has 1 aromatic carbocycles. The summed E-state index contributed by atoms with van der Waals surface area (Å²) in [5, 5.41) is 0. The molecule has 0 unspecified atom stereocenters. The van der Waals surface area contributed by atoms with Crippen molar-refractivity contribution in [2.45, 2.75) is 0 Å². The molecule has 13 heavy (non-hydrogen) atoms. The summed E-state index contributed by atoms with van der Waals surface area (Å²) in [7, 11) is 1.36. The Morgan fingerprint density at radius 3 is 3.00 bits per heavy atom. The highest BCUT2D eigenvalue weighted by atomic mass is 16.5. The molecule has 0 aliphatic rings. The van der Waals surface area contributed by atoms with Crippen molar-refractivity contribution in [3.05, 3.63) is 47.7 Å². The van der Waals surface area contributed by atoms with E-state index < -0.39 is 0 Å². The summed E-state index contributed by atoms with van der Waals surface area (Å²) in [5.41, 5.74) is 4.06. The number of rotatable bonds is 2. The van der Waals surface area contributed by atoms with Gasteiger partial charge in [0.1, 0.15) is 0 Å². The van der Waals surface area contributed by atoms with Gasteiger partial charge in [-0.2, -0.15) is 0 Å². The van der Waals surface area contributed by atoms with Crippen LogP contribution in [0.1, 0.15) is 15.9 Å². The SMILES string of the molecule is C=C=Cc1cccc(C(=O)OC)c1. The van der Waals surface area contributed by atoms with Crippen LogP contribution in [0.4, 0.5) is 0 Å². The Balaban J connectivity index is 3.04. The van der Waals surface area contributed by atoms with Gasteiger partial charge in [0.05, 0.1) is 12.7 Å². The first-order valence-electron chi connectivity index (χ1n) is 3.82. The van der Waals surface area contributed by atoms with Crippen LogP contribution in [0, 0.1) is 0 Å². The van der Waals surface area contributed by atoms with Gasteiger partial charge in [-0.1, -0.05) is 18.7 Å². The van der Waals surface area contributed by atoms with Crippen LogP contribution < -0.4 is 0 Å². The fourth-order valence-corrected chi connectivity index (χ4v) is 0.991. The Morgan fingerprint density at radius 1 is 1.62 bits per heavy atom. The van der Waals surface area contributed by atoms with Crippen molar-refractivity contribution in [3.63, 3.8) is 0 Å². The predicted molar refractivity (Wildman–Crippen MR) is 51.4 cm³/mol. The summed E-state index contributed by atoms with van der Waals surface area (Å²) in [6, 6.07) is 7.08. The van der Waals surface area contributed by atoms with Gasteiger partial charge in [-0.15, -0.1) is 5.73 Å². The van der Waals surface area contributed by atoms with Gasteiger partial charge in [0.2, 0.25) is 0 Å². The summed E-state index contributed by atoms with van der Waals surface area (Å²) >= 11 is 0. The largest absolute Gasteiger partial charge is 0.465 e. The van der Waals surface area contributed by atoms with Gasteiger partial charge >= 0.3 is 5.97 Å². The second kappa shape index (κ2) is 4.29. The molecule has 2 heteroatoms. The lowest BCUT2D eigenvalue weighted by atomic mass is 10.1. The highest BCUT2D eigenvalue weighted by molar-refractivity contribution is 5.89. The number of benzene rings is 1. The molecule has 0 bridgehead atoms. The molecule has 0 N–H and O–H groups in total. The van der Waals surface area contributed by atoms with Gasteiger partial charge in [0.25, 0.3) is 0 Å². The van der Waals surface area contributed by atoms with Crippen LogP contribution in [-0.4, -0.2) is 13.1 Å². The zero-order valence-corrected chi connectivity index (χ0v) is 7.41. The molecule has 66 valence electrons. The molecule has 0 radical (unpaired) electrons. The zero-order chi connectivity index (χ0) is 9.68. The van der Waals surface area contributed by atoms with Crippen molar-refractivity contribution < 1.29 is 9.53 Å². The summed E-state index contributed by atoms with van der Waals surface area (Å²) in [5.74, 6) is -0.334. The first-order chi connectivity index (χ1) is 6.27. The highest BCUT2D eigenvalue weighted by Crippen LogP contribution is 2.07. The molecular weight excluding hydrogens is 164 g/mol. The molecule has 1 rings (SSSR count). The number of esters is 1. The Hall–Kier alpha value is -1.79. The molecule has 0 saturated carbocycles. The van der Waals surface area contributed by atoms with Crippen molar-refractivity contribution in [2.24, 2.45) is 0 Å². The van der Waals surface area contributed by atoms with Crippen LogP contribution in [0.3, 0.4) is 0 Å². The predicted octanol–water partition coefficient (Wildman–Crippen LogP) is 2.27. The third kappa shape index (κ3) is 2.32. The van der Waals surface area contributed by atoms with E-state index in [4.69, 9.17) is 0 Å². The van der Waals surface area contributed by atoms with Crippen molar-refractivity contribution >= 4 is 12.0 Å². The quantitative estimate of drug-likeness (QED) is 0.508. The number of carbonyl (C=O) groups is 1. The van der Waals surface area contributed by atoms with E-state index in [1.807, 2.05) is 6.07 Å². The van der Waals surface area contributed by atoms with Crippen LogP contribution in [0.15, 0.2) is 36.6 Å². The molecule has 0 aromatic heterocycles. The first kappa shape index (κ1) is 9.30. The molecular formula is C11H10O2. The number of hydrogen-bond donors (Lipinski definition) is 0. The Bertz CT molecular complexity index is 360. The number of ether oxygens (including phenoxy) is 1. The maximum absolute atomic E-state index is 11.1. The van der Waals surface area contributed by atoms with E-state index in [0.29, 0.717) is 5.56 Å². The van der Waals surface area contributed by atoms with Crippen LogP contribution in [0.2, 0.25) is 0 Å². The molecule has 0 aliphatic heterocycles. The van der Waals surface area contributed by atoms with E-state index in [0.717, 1.165) is 5.56 Å². The van der Waals surface area contributed by atoms with Crippen LogP contribution in [-0.2, 0) is 4.74 Å². The molecule has 0 atom stereocenters. The smallest absolute Gasteiger partial charge is 0.337 e. The van der Waals surface area contributed by atoms with Gasteiger partial charge in [0, 0.05) is 0 Å². The topological polar surface area (TPSA) is 26.3 Å². The monoisotopic (exact) mass is 174 g/mol. The molecule has 0 amide bonds. The number of carbonyl (C=O) groups excluding carboxylic acids is 1. The highest BCUT2D eigenvalue weighted by Gasteiger charge is 2.03. The average Bonchev–Trinajstić information content (AvgIpc) is 2.18. The van der Waals surface area contributed by atoms with Crippen molar-refractivity contribution in [2.75, 3.05) is 7.11 Å². The van der Waals surface area contributed by atoms with Gasteiger partial charge in [-0.3, -0.25) is 0 Å².